The van der Waals surface area contributed by atoms with Crippen LogP contribution >= 0.6 is 0 Å². The van der Waals surface area contributed by atoms with Gasteiger partial charge in [-0.15, -0.1) is 0 Å². The molecule has 1 aromatic carbocycles. The van der Waals surface area contributed by atoms with Crippen LogP contribution in [0.3, 0.4) is 0 Å². The van der Waals surface area contributed by atoms with Crippen LogP contribution in [0.2, 0.25) is 0 Å². The Hall–Kier alpha value is -2.56. The van der Waals surface area contributed by atoms with E-state index in [1.54, 1.807) is 24.1 Å². The van der Waals surface area contributed by atoms with E-state index in [9.17, 15) is 27.3 Å². The molecule has 0 fully saturated rings. The lowest BCUT2D eigenvalue weighted by atomic mass is 10.2. The van der Waals surface area contributed by atoms with Crippen molar-refractivity contribution in [2.75, 3.05) is 5.32 Å². The number of nitrogens with one attached hydrogen (secondary N) is 1. The summed E-state index contributed by atoms with van der Waals surface area (Å²) in [5.74, 6) is -3.64. The number of hydrogen-bond donors (Lipinski definition) is 1. The summed E-state index contributed by atoms with van der Waals surface area (Å²) in [5, 5.41) is 17.7. The van der Waals surface area contributed by atoms with E-state index < -0.39 is 31.1 Å². The highest BCUT2D eigenvalue weighted by atomic mass is 32.2. The number of nitro groups is 1. The maximum absolute atomic E-state index is 12.5. The summed E-state index contributed by atoms with van der Waals surface area (Å²) in [6.45, 7) is 0.204. The molecule has 1 heterocycles. The third-order valence-corrected chi connectivity index (χ3v) is 4.35. The summed E-state index contributed by atoms with van der Waals surface area (Å²) in [6, 6.07) is 2.61. The maximum Gasteiger partial charge on any atom is 0.341 e. The number of anilines is 1. The number of aryl methyl sites for hydroxylation is 1. The van der Waals surface area contributed by atoms with Crippen molar-refractivity contribution in [2.24, 2.45) is 7.05 Å². The van der Waals surface area contributed by atoms with Crippen molar-refractivity contribution in [1.29, 1.82) is 0 Å². The van der Waals surface area contributed by atoms with Gasteiger partial charge in [0.1, 0.15) is 5.69 Å². The van der Waals surface area contributed by atoms with Crippen LogP contribution in [0.5, 0.6) is 0 Å². The third-order valence-electron chi connectivity index (χ3n) is 2.97. The van der Waals surface area contributed by atoms with Crippen LogP contribution in [0.1, 0.15) is 5.56 Å². The second kappa shape index (κ2) is 6.28. The Morgan fingerprint density at radius 3 is 2.65 bits per heavy atom. The molecule has 0 atom stereocenters. The molecule has 0 aliphatic carbocycles. The third kappa shape index (κ3) is 3.62. The number of alkyl halides is 2. The fourth-order valence-corrected chi connectivity index (χ4v) is 2.59. The SMILES string of the molecule is Cn1cc(CNc2ccc(S(=O)(=O)C(F)F)cc2[N+](=O)[O-])cn1. The minimum Gasteiger partial charge on any atom is -0.375 e. The number of aromatic nitrogens is 2. The Morgan fingerprint density at radius 1 is 1.43 bits per heavy atom. The van der Waals surface area contributed by atoms with Gasteiger partial charge in [0.05, 0.1) is 16.0 Å². The summed E-state index contributed by atoms with van der Waals surface area (Å²) in [6.07, 6.45) is 3.24. The summed E-state index contributed by atoms with van der Waals surface area (Å²) >= 11 is 0. The molecule has 0 aliphatic heterocycles. The fraction of sp³-hybridized carbons (Fsp3) is 0.250. The van der Waals surface area contributed by atoms with E-state index in [-0.39, 0.29) is 12.2 Å². The van der Waals surface area contributed by atoms with Crippen LogP contribution < -0.4 is 5.32 Å². The van der Waals surface area contributed by atoms with E-state index >= 15 is 0 Å². The second-order valence-corrected chi connectivity index (χ2v) is 6.54. The first-order chi connectivity index (χ1) is 10.7. The molecule has 0 saturated carbocycles. The van der Waals surface area contributed by atoms with Gasteiger partial charge in [0.2, 0.25) is 9.84 Å². The lowest BCUT2D eigenvalue weighted by Crippen LogP contribution is -2.12. The van der Waals surface area contributed by atoms with Crippen LogP contribution in [-0.4, -0.2) is 28.9 Å². The number of nitrogens with zero attached hydrogens (tertiary/aromatic N) is 3. The molecule has 0 amide bonds. The average molecular weight is 346 g/mol. The minimum atomic E-state index is -4.89. The number of hydrogen-bond acceptors (Lipinski definition) is 6. The Kier molecular flexibility index (Phi) is 4.59. The molecule has 1 N–H and O–H groups in total. The molecule has 0 aliphatic rings. The molecule has 0 bridgehead atoms. The van der Waals surface area contributed by atoms with Crippen molar-refractivity contribution in [3.8, 4) is 0 Å². The normalized spacial score (nSPS) is 11.7. The van der Waals surface area contributed by atoms with Gasteiger partial charge in [-0.3, -0.25) is 14.8 Å². The summed E-state index contributed by atoms with van der Waals surface area (Å²) < 4.78 is 49.4. The number of nitro benzene ring substituents is 1. The van der Waals surface area contributed by atoms with Crippen LogP contribution in [0, 0.1) is 10.1 Å². The first-order valence-electron chi connectivity index (χ1n) is 6.23. The molecule has 11 heteroatoms. The van der Waals surface area contributed by atoms with Gasteiger partial charge in [-0.2, -0.15) is 13.9 Å². The maximum atomic E-state index is 12.5. The van der Waals surface area contributed by atoms with Crippen molar-refractivity contribution in [2.45, 2.75) is 17.2 Å². The summed E-state index contributed by atoms with van der Waals surface area (Å²) in [5.41, 5.74) is 0.161. The molecule has 2 aromatic rings. The van der Waals surface area contributed by atoms with Gasteiger partial charge in [-0.05, 0) is 12.1 Å². The predicted octanol–water partition coefficient (Wildman–Crippen LogP) is 1.94. The minimum absolute atomic E-state index is 0.0204. The Bertz CT molecular complexity index is 835. The van der Waals surface area contributed by atoms with E-state index in [0.717, 1.165) is 17.7 Å². The number of halogens is 2. The molecule has 23 heavy (non-hydrogen) atoms. The quantitative estimate of drug-likeness (QED) is 0.633. The van der Waals surface area contributed by atoms with Crippen LogP contribution in [-0.2, 0) is 23.4 Å². The monoisotopic (exact) mass is 346 g/mol. The van der Waals surface area contributed by atoms with Crippen molar-refractivity contribution in [3.05, 3.63) is 46.3 Å². The van der Waals surface area contributed by atoms with Gasteiger partial charge in [-0.25, -0.2) is 8.42 Å². The molecule has 0 unspecified atom stereocenters. The Balaban J connectivity index is 2.32. The molecule has 0 spiro atoms. The van der Waals surface area contributed by atoms with Crippen molar-refractivity contribution in [3.63, 3.8) is 0 Å². The number of rotatable bonds is 6. The van der Waals surface area contributed by atoms with E-state index in [2.05, 4.69) is 10.4 Å². The molecule has 0 radical (unpaired) electrons. The Morgan fingerprint density at radius 2 is 2.13 bits per heavy atom. The highest BCUT2D eigenvalue weighted by molar-refractivity contribution is 7.91. The van der Waals surface area contributed by atoms with Gasteiger partial charge < -0.3 is 5.32 Å². The molecule has 124 valence electrons. The molecule has 8 nitrogen and oxygen atoms in total. The number of sulfone groups is 1. The van der Waals surface area contributed by atoms with Crippen molar-refractivity contribution < 1.29 is 22.1 Å². The van der Waals surface area contributed by atoms with E-state index in [4.69, 9.17) is 0 Å². The molecular weight excluding hydrogens is 334 g/mol. The zero-order chi connectivity index (χ0) is 17.2. The van der Waals surface area contributed by atoms with Gasteiger partial charge >= 0.3 is 5.76 Å². The van der Waals surface area contributed by atoms with Gasteiger partial charge in [-0.1, -0.05) is 0 Å². The van der Waals surface area contributed by atoms with Crippen LogP contribution in [0.25, 0.3) is 0 Å². The highest BCUT2D eigenvalue weighted by Gasteiger charge is 2.29. The van der Waals surface area contributed by atoms with E-state index in [1.165, 1.54) is 0 Å². The number of benzene rings is 1. The fourth-order valence-electron chi connectivity index (χ4n) is 1.85. The smallest absolute Gasteiger partial charge is 0.341 e. The van der Waals surface area contributed by atoms with Gasteiger partial charge in [0, 0.05) is 31.4 Å². The van der Waals surface area contributed by atoms with Crippen LogP contribution in [0.4, 0.5) is 20.2 Å². The molecule has 2 rings (SSSR count). The van der Waals surface area contributed by atoms with Crippen LogP contribution in [0.15, 0.2) is 35.5 Å². The van der Waals surface area contributed by atoms with Crippen molar-refractivity contribution >= 4 is 21.2 Å². The van der Waals surface area contributed by atoms with E-state index in [0.29, 0.717) is 6.07 Å². The standard InChI is InChI=1S/C12H12F2N4O4S/c1-17-7-8(6-16-17)5-15-10-3-2-9(4-11(10)18(19)20)23(21,22)12(13)14/h2-4,6-7,12,15H,5H2,1H3. The highest BCUT2D eigenvalue weighted by Crippen LogP contribution is 2.30. The second-order valence-electron chi connectivity index (χ2n) is 4.62. The summed E-state index contributed by atoms with van der Waals surface area (Å²) in [4.78, 5) is 9.42. The largest absolute Gasteiger partial charge is 0.375 e. The molecule has 0 saturated heterocycles. The molecule has 1 aromatic heterocycles. The first-order valence-corrected chi connectivity index (χ1v) is 7.78. The topological polar surface area (TPSA) is 107 Å². The van der Waals surface area contributed by atoms with Gasteiger partial charge in [0.25, 0.3) is 5.69 Å². The zero-order valence-electron chi connectivity index (χ0n) is 11.8. The zero-order valence-corrected chi connectivity index (χ0v) is 12.6. The first kappa shape index (κ1) is 16.8. The molecular formula is C12H12F2N4O4S. The Labute approximate surface area is 129 Å². The summed E-state index contributed by atoms with van der Waals surface area (Å²) in [7, 11) is -3.19. The lowest BCUT2D eigenvalue weighted by Gasteiger charge is -2.08. The van der Waals surface area contributed by atoms with Gasteiger partial charge in [0.15, 0.2) is 0 Å². The lowest BCUT2D eigenvalue weighted by molar-refractivity contribution is -0.384. The average Bonchev–Trinajstić information content (AvgIpc) is 2.90. The van der Waals surface area contributed by atoms with E-state index in [1.807, 2.05) is 0 Å². The van der Waals surface area contributed by atoms with Crippen molar-refractivity contribution in [1.82, 2.24) is 9.78 Å². The predicted molar refractivity (Wildman–Crippen MR) is 76.8 cm³/mol.